The third-order valence-corrected chi connectivity index (χ3v) is 7.53. The number of halogens is 2. The van der Waals surface area contributed by atoms with Crippen LogP contribution in [0.1, 0.15) is 15.9 Å². The molecule has 0 bridgehead atoms. The first-order valence-electron chi connectivity index (χ1n) is 12.9. The number of rotatable bonds is 8. The molecule has 2 heterocycles. The highest BCUT2D eigenvalue weighted by Crippen LogP contribution is 2.30. The zero-order valence-corrected chi connectivity index (χ0v) is 22.6. The largest absolute Gasteiger partial charge is 0.349 e. The minimum absolute atomic E-state index is 0.0719. The van der Waals surface area contributed by atoms with Gasteiger partial charge in [0.05, 0.1) is 16.8 Å². The smallest absolute Gasteiger partial charge is 0.259 e. The number of epoxide rings is 1. The van der Waals surface area contributed by atoms with Gasteiger partial charge in [0.15, 0.2) is 17.3 Å². The molecular formula is C31H22F2N4O4S. The van der Waals surface area contributed by atoms with Crippen LogP contribution in [0, 0.1) is 11.6 Å². The van der Waals surface area contributed by atoms with E-state index in [-0.39, 0.29) is 12.5 Å². The predicted octanol–water partition coefficient (Wildman–Crippen LogP) is 5.77. The van der Waals surface area contributed by atoms with Gasteiger partial charge in [0.25, 0.3) is 17.7 Å². The molecule has 1 aromatic heterocycles. The normalized spacial score (nSPS) is 15.7. The molecule has 0 saturated carbocycles. The highest BCUT2D eigenvalue weighted by Gasteiger charge is 2.52. The molecule has 2 atom stereocenters. The maximum absolute atomic E-state index is 13.5. The predicted molar refractivity (Wildman–Crippen MR) is 155 cm³/mol. The summed E-state index contributed by atoms with van der Waals surface area (Å²) in [5.41, 5.74) is 2.61. The van der Waals surface area contributed by atoms with Crippen LogP contribution in [0.2, 0.25) is 0 Å². The van der Waals surface area contributed by atoms with Crippen LogP contribution >= 0.6 is 11.3 Å². The molecule has 1 saturated heterocycles. The first-order chi connectivity index (χ1) is 20.3. The lowest BCUT2D eigenvalue weighted by molar-refractivity contribution is -0.120. The van der Waals surface area contributed by atoms with Gasteiger partial charge < -0.3 is 15.0 Å². The fourth-order valence-electron chi connectivity index (χ4n) is 4.36. The molecule has 0 spiro atoms. The van der Waals surface area contributed by atoms with E-state index in [1.54, 1.807) is 36.4 Å². The van der Waals surface area contributed by atoms with E-state index in [1.807, 2.05) is 24.3 Å². The highest BCUT2D eigenvalue weighted by atomic mass is 32.1. The minimum atomic E-state index is -1.05. The van der Waals surface area contributed by atoms with Gasteiger partial charge in [-0.1, -0.05) is 35.6 Å². The Balaban J connectivity index is 1.18. The molecule has 6 rings (SSSR count). The van der Waals surface area contributed by atoms with Gasteiger partial charge in [0.2, 0.25) is 0 Å². The van der Waals surface area contributed by atoms with E-state index in [1.165, 1.54) is 52.6 Å². The number of ether oxygens (including phenoxy) is 1. The SMILES string of the molecule is O=C(Nc1nc2ccccc2s1)c1ccc(N(Cc2ccc(F)cc2)C(=O)C2OC2C(=O)Nc2ccc(F)cc2)cc1. The van der Waals surface area contributed by atoms with Gasteiger partial charge in [-0.25, -0.2) is 13.8 Å². The summed E-state index contributed by atoms with van der Waals surface area (Å²) < 4.78 is 33.1. The van der Waals surface area contributed by atoms with Crippen LogP contribution in [-0.4, -0.2) is 34.9 Å². The average Bonchev–Trinajstić information content (AvgIpc) is 3.70. The molecule has 2 N–H and O–H groups in total. The third-order valence-electron chi connectivity index (χ3n) is 6.58. The minimum Gasteiger partial charge on any atom is -0.349 e. The van der Waals surface area contributed by atoms with Gasteiger partial charge in [-0.2, -0.15) is 0 Å². The Morgan fingerprint density at radius 3 is 2.17 bits per heavy atom. The Kier molecular flexibility index (Phi) is 7.43. The first-order valence-corrected chi connectivity index (χ1v) is 13.7. The molecule has 0 aliphatic carbocycles. The maximum atomic E-state index is 13.5. The van der Waals surface area contributed by atoms with Crippen LogP contribution in [0.3, 0.4) is 0 Å². The van der Waals surface area contributed by atoms with Crippen LogP contribution in [-0.2, 0) is 20.9 Å². The van der Waals surface area contributed by atoms with E-state index in [4.69, 9.17) is 4.74 Å². The lowest BCUT2D eigenvalue weighted by Crippen LogP contribution is -2.36. The number of fused-ring (bicyclic) bond motifs is 1. The summed E-state index contributed by atoms with van der Waals surface area (Å²) in [5.74, 6) is -2.24. The van der Waals surface area contributed by atoms with Crippen molar-refractivity contribution in [3.8, 4) is 0 Å². The summed E-state index contributed by atoms with van der Waals surface area (Å²) in [7, 11) is 0. The van der Waals surface area contributed by atoms with E-state index in [9.17, 15) is 23.2 Å². The summed E-state index contributed by atoms with van der Waals surface area (Å²) >= 11 is 1.36. The number of anilines is 3. The van der Waals surface area contributed by atoms with E-state index in [2.05, 4.69) is 15.6 Å². The molecule has 4 aromatic carbocycles. The summed E-state index contributed by atoms with van der Waals surface area (Å²) in [5, 5.41) is 5.87. The van der Waals surface area contributed by atoms with Crippen molar-refractivity contribution in [2.75, 3.05) is 15.5 Å². The Labute approximate surface area is 242 Å². The van der Waals surface area contributed by atoms with Gasteiger partial charge in [-0.15, -0.1) is 0 Å². The molecule has 1 aliphatic rings. The third kappa shape index (κ3) is 6.02. The Morgan fingerprint density at radius 1 is 0.810 bits per heavy atom. The molecule has 1 fully saturated rings. The highest BCUT2D eigenvalue weighted by molar-refractivity contribution is 7.22. The summed E-state index contributed by atoms with van der Waals surface area (Å²) in [6, 6.07) is 24.9. The van der Waals surface area contributed by atoms with Crippen molar-refractivity contribution in [2.45, 2.75) is 18.8 Å². The maximum Gasteiger partial charge on any atom is 0.259 e. The number of thiazole rings is 1. The molecule has 11 heteroatoms. The molecule has 42 heavy (non-hydrogen) atoms. The molecule has 3 amide bonds. The molecule has 0 radical (unpaired) electrons. The standard InChI is InChI=1S/C31H22F2N4O4S/c32-20-9-5-18(6-10-20)17-37(30(40)27-26(41-27)29(39)34-22-13-11-21(33)12-14-22)23-15-7-19(8-16-23)28(38)36-31-35-24-3-1-2-4-25(24)42-31/h1-16,26-27H,17H2,(H,34,39)(H,35,36,38). The topological polar surface area (TPSA) is 104 Å². The number of para-hydroxylation sites is 1. The van der Waals surface area contributed by atoms with Gasteiger partial charge in [-0.3, -0.25) is 19.7 Å². The number of nitrogens with one attached hydrogen (secondary N) is 2. The molecule has 2 unspecified atom stereocenters. The molecular weight excluding hydrogens is 562 g/mol. The van der Waals surface area contributed by atoms with Crippen molar-refractivity contribution in [1.29, 1.82) is 0 Å². The van der Waals surface area contributed by atoms with E-state index in [0.29, 0.717) is 27.6 Å². The molecule has 5 aromatic rings. The zero-order chi connectivity index (χ0) is 29.2. The van der Waals surface area contributed by atoms with Crippen molar-refractivity contribution in [3.63, 3.8) is 0 Å². The van der Waals surface area contributed by atoms with Crippen LogP contribution in [0.5, 0.6) is 0 Å². The van der Waals surface area contributed by atoms with E-state index >= 15 is 0 Å². The summed E-state index contributed by atoms with van der Waals surface area (Å²) in [4.78, 5) is 44.9. The van der Waals surface area contributed by atoms with Gasteiger partial charge >= 0.3 is 0 Å². The fourth-order valence-corrected chi connectivity index (χ4v) is 5.22. The molecule has 210 valence electrons. The second-order valence-corrected chi connectivity index (χ2v) is 10.5. The average molecular weight is 585 g/mol. The van der Waals surface area contributed by atoms with Crippen LogP contribution in [0.25, 0.3) is 10.2 Å². The van der Waals surface area contributed by atoms with E-state index < -0.39 is 35.7 Å². The lowest BCUT2D eigenvalue weighted by Gasteiger charge is -2.23. The number of nitrogens with zero attached hydrogens (tertiary/aromatic N) is 2. The number of benzene rings is 4. The number of carbonyl (C=O) groups excluding carboxylic acids is 3. The van der Waals surface area contributed by atoms with Crippen LogP contribution in [0.4, 0.5) is 25.3 Å². The second-order valence-electron chi connectivity index (χ2n) is 9.51. The summed E-state index contributed by atoms with van der Waals surface area (Å²) in [6.07, 6.45) is -2.08. The van der Waals surface area contributed by atoms with Crippen molar-refractivity contribution in [3.05, 3.63) is 120 Å². The van der Waals surface area contributed by atoms with Gasteiger partial charge in [0, 0.05) is 16.9 Å². The van der Waals surface area contributed by atoms with Crippen molar-refractivity contribution in [2.24, 2.45) is 0 Å². The Bertz CT molecular complexity index is 1740. The quantitative estimate of drug-likeness (QED) is 0.226. The Morgan fingerprint density at radius 2 is 1.48 bits per heavy atom. The van der Waals surface area contributed by atoms with Gasteiger partial charge in [0.1, 0.15) is 11.6 Å². The van der Waals surface area contributed by atoms with Crippen molar-refractivity contribution >= 4 is 55.8 Å². The first kappa shape index (κ1) is 27.2. The number of carbonyl (C=O) groups is 3. The van der Waals surface area contributed by atoms with Gasteiger partial charge in [-0.05, 0) is 78.4 Å². The van der Waals surface area contributed by atoms with Crippen molar-refractivity contribution in [1.82, 2.24) is 4.98 Å². The second kappa shape index (κ2) is 11.5. The number of amides is 3. The zero-order valence-electron chi connectivity index (χ0n) is 21.8. The monoisotopic (exact) mass is 584 g/mol. The van der Waals surface area contributed by atoms with Crippen molar-refractivity contribution < 1.29 is 27.9 Å². The number of hydrogen-bond donors (Lipinski definition) is 2. The fraction of sp³-hybridized carbons (Fsp3) is 0.0968. The number of hydrogen-bond acceptors (Lipinski definition) is 6. The molecule has 1 aliphatic heterocycles. The van der Waals surface area contributed by atoms with Crippen LogP contribution < -0.4 is 15.5 Å². The van der Waals surface area contributed by atoms with E-state index in [0.717, 1.165) is 10.2 Å². The Hall–Kier alpha value is -5.00. The van der Waals surface area contributed by atoms with Crippen LogP contribution in [0.15, 0.2) is 97.1 Å². The number of aromatic nitrogens is 1. The summed E-state index contributed by atoms with van der Waals surface area (Å²) in [6.45, 7) is 0.0719. The molecule has 8 nitrogen and oxygen atoms in total. The lowest BCUT2D eigenvalue weighted by atomic mass is 10.1.